The summed E-state index contributed by atoms with van der Waals surface area (Å²) in [7, 11) is 0. The summed E-state index contributed by atoms with van der Waals surface area (Å²) in [5, 5.41) is 12.9. The number of amides is 1. The van der Waals surface area contributed by atoms with Crippen LogP contribution in [0.2, 0.25) is 10.0 Å². The van der Waals surface area contributed by atoms with Gasteiger partial charge >= 0.3 is 0 Å². The number of aromatic hydroxyl groups is 1. The average Bonchev–Trinajstić information content (AvgIpc) is 2.82. The van der Waals surface area contributed by atoms with E-state index in [1.165, 1.54) is 12.1 Å². The molecule has 36 heavy (non-hydrogen) atoms. The summed E-state index contributed by atoms with van der Waals surface area (Å²) >= 11 is 13.2. The lowest BCUT2D eigenvalue weighted by molar-refractivity contribution is -0.117. The Kier molecular flexibility index (Phi) is 8.34. The van der Waals surface area contributed by atoms with Crippen molar-refractivity contribution in [2.45, 2.75) is 31.7 Å². The van der Waals surface area contributed by atoms with Crippen LogP contribution in [0.1, 0.15) is 24.0 Å². The molecule has 1 amide bonds. The van der Waals surface area contributed by atoms with Crippen LogP contribution < -0.4 is 16.0 Å². The van der Waals surface area contributed by atoms with Gasteiger partial charge in [-0.05, 0) is 73.1 Å². The van der Waals surface area contributed by atoms with Crippen LogP contribution in [0.5, 0.6) is 5.75 Å². The lowest BCUT2D eigenvalue weighted by Crippen LogP contribution is -2.37. The molecule has 3 aromatic rings. The van der Waals surface area contributed by atoms with E-state index in [0.29, 0.717) is 46.4 Å². The van der Waals surface area contributed by atoms with Crippen molar-refractivity contribution in [2.75, 3.05) is 23.3 Å². The van der Waals surface area contributed by atoms with Gasteiger partial charge in [0, 0.05) is 24.8 Å². The minimum atomic E-state index is -0.804. The van der Waals surface area contributed by atoms with Gasteiger partial charge in [0.05, 0.1) is 21.8 Å². The highest BCUT2D eigenvalue weighted by molar-refractivity contribution is 6.39. The van der Waals surface area contributed by atoms with Gasteiger partial charge in [0.2, 0.25) is 5.91 Å². The number of phenolic OH excluding ortho intramolecular Hbond substituents is 1. The molecule has 1 aliphatic rings. The van der Waals surface area contributed by atoms with Gasteiger partial charge < -0.3 is 21.1 Å². The SMILES string of the molecule is N[C@@H](Cc1ccc(O)cc1)C(=O)Nc1cc(Cl)c(N2CCCC(Cc3ccc(F)cc3F)C2)c(Cl)c1. The molecule has 2 atom stereocenters. The van der Waals surface area contributed by atoms with Gasteiger partial charge in [-0.25, -0.2) is 8.78 Å². The first-order chi connectivity index (χ1) is 17.2. The van der Waals surface area contributed by atoms with Gasteiger partial charge in [0.1, 0.15) is 17.4 Å². The Labute approximate surface area is 218 Å². The predicted octanol–water partition coefficient (Wildman–Crippen LogP) is 5.94. The third kappa shape index (κ3) is 6.46. The first-order valence-electron chi connectivity index (χ1n) is 11.7. The number of nitrogens with zero attached hydrogens (tertiary/aromatic N) is 1. The van der Waals surface area contributed by atoms with E-state index in [1.54, 1.807) is 36.4 Å². The molecule has 0 bridgehead atoms. The first-order valence-corrected chi connectivity index (χ1v) is 12.5. The van der Waals surface area contributed by atoms with E-state index >= 15 is 0 Å². The second-order valence-electron chi connectivity index (χ2n) is 9.15. The number of halogens is 4. The molecule has 0 saturated carbocycles. The van der Waals surface area contributed by atoms with Crippen molar-refractivity contribution in [1.29, 1.82) is 0 Å². The number of anilines is 2. The summed E-state index contributed by atoms with van der Waals surface area (Å²) in [6, 6.07) is 12.6. The van der Waals surface area contributed by atoms with Crippen LogP contribution in [0.25, 0.3) is 0 Å². The molecule has 3 aromatic carbocycles. The molecule has 9 heteroatoms. The van der Waals surface area contributed by atoms with Crippen molar-refractivity contribution in [2.24, 2.45) is 11.7 Å². The molecule has 190 valence electrons. The molecule has 4 N–H and O–H groups in total. The molecule has 1 unspecified atom stereocenters. The van der Waals surface area contributed by atoms with E-state index in [9.17, 15) is 18.7 Å². The number of phenols is 1. The fourth-order valence-corrected chi connectivity index (χ4v) is 5.31. The summed E-state index contributed by atoms with van der Waals surface area (Å²) in [4.78, 5) is 14.7. The van der Waals surface area contributed by atoms with E-state index in [2.05, 4.69) is 10.2 Å². The van der Waals surface area contributed by atoms with Gasteiger partial charge in [-0.1, -0.05) is 41.4 Å². The van der Waals surface area contributed by atoms with Crippen molar-refractivity contribution in [1.82, 2.24) is 0 Å². The number of carbonyl (C=O) groups is 1. The highest BCUT2D eigenvalue weighted by Gasteiger charge is 2.25. The lowest BCUT2D eigenvalue weighted by Gasteiger charge is -2.35. The zero-order chi connectivity index (χ0) is 25.8. The van der Waals surface area contributed by atoms with Gasteiger partial charge in [0.15, 0.2) is 0 Å². The molecule has 1 fully saturated rings. The Morgan fingerprint density at radius 1 is 1.11 bits per heavy atom. The van der Waals surface area contributed by atoms with Gasteiger partial charge in [0.25, 0.3) is 0 Å². The number of piperidine rings is 1. The lowest BCUT2D eigenvalue weighted by atomic mass is 9.90. The van der Waals surface area contributed by atoms with E-state index in [0.717, 1.165) is 31.0 Å². The van der Waals surface area contributed by atoms with Gasteiger partial charge in [-0.3, -0.25) is 4.79 Å². The van der Waals surface area contributed by atoms with E-state index in [1.807, 2.05) is 0 Å². The maximum Gasteiger partial charge on any atom is 0.241 e. The largest absolute Gasteiger partial charge is 0.508 e. The van der Waals surface area contributed by atoms with Crippen LogP contribution in [0, 0.1) is 17.6 Å². The Morgan fingerprint density at radius 3 is 2.47 bits per heavy atom. The first kappa shape index (κ1) is 26.2. The maximum atomic E-state index is 14.1. The van der Waals surface area contributed by atoms with E-state index in [-0.39, 0.29) is 17.6 Å². The molecule has 1 saturated heterocycles. The molecule has 4 rings (SSSR count). The van der Waals surface area contributed by atoms with Crippen molar-refractivity contribution in [3.05, 3.63) is 87.4 Å². The molecule has 0 spiro atoms. The Balaban J connectivity index is 1.41. The Morgan fingerprint density at radius 2 is 1.81 bits per heavy atom. The summed E-state index contributed by atoms with van der Waals surface area (Å²) in [6.45, 7) is 1.37. The van der Waals surface area contributed by atoms with Crippen LogP contribution in [0.4, 0.5) is 20.2 Å². The molecule has 1 heterocycles. The second-order valence-corrected chi connectivity index (χ2v) is 9.96. The Hall–Kier alpha value is -2.87. The molecular weight excluding hydrogens is 507 g/mol. The maximum absolute atomic E-state index is 14.1. The second kappa shape index (κ2) is 11.5. The van der Waals surface area contributed by atoms with Crippen molar-refractivity contribution < 1.29 is 18.7 Å². The highest BCUT2D eigenvalue weighted by atomic mass is 35.5. The molecule has 0 aliphatic carbocycles. The number of nitrogens with two attached hydrogens (primary N) is 1. The average molecular weight is 534 g/mol. The summed E-state index contributed by atoms with van der Waals surface area (Å²) < 4.78 is 27.4. The van der Waals surface area contributed by atoms with Crippen LogP contribution in [-0.4, -0.2) is 30.1 Å². The number of hydrogen-bond acceptors (Lipinski definition) is 4. The minimum absolute atomic E-state index is 0.142. The van der Waals surface area contributed by atoms with E-state index in [4.69, 9.17) is 28.9 Å². The topological polar surface area (TPSA) is 78.6 Å². The monoisotopic (exact) mass is 533 g/mol. The predicted molar refractivity (Wildman–Crippen MR) is 140 cm³/mol. The number of benzene rings is 3. The third-order valence-corrected chi connectivity index (χ3v) is 6.95. The molecule has 5 nitrogen and oxygen atoms in total. The molecule has 0 aromatic heterocycles. The fourth-order valence-electron chi connectivity index (χ4n) is 4.59. The number of nitrogens with one attached hydrogen (secondary N) is 1. The van der Waals surface area contributed by atoms with Gasteiger partial charge in [-0.15, -0.1) is 0 Å². The van der Waals surface area contributed by atoms with Gasteiger partial charge in [-0.2, -0.15) is 0 Å². The zero-order valence-electron chi connectivity index (χ0n) is 19.5. The smallest absolute Gasteiger partial charge is 0.241 e. The van der Waals surface area contributed by atoms with Crippen molar-refractivity contribution in [3.8, 4) is 5.75 Å². The van der Waals surface area contributed by atoms with Crippen molar-refractivity contribution >= 4 is 40.5 Å². The molecule has 1 aliphatic heterocycles. The van der Waals surface area contributed by atoms with Crippen LogP contribution >= 0.6 is 23.2 Å². The quantitative estimate of drug-likeness (QED) is 0.351. The summed E-state index contributed by atoms with van der Waals surface area (Å²) in [6.07, 6.45) is 2.58. The number of rotatable bonds is 7. The summed E-state index contributed by atoms with van der Waals surface area (Å²) in [5.74, 6) is -1.21. The van der Waals surface area contributed by atoms with Crippen molar-refractivity contribution in [3.63, 3.8) is 0 Å². The molecular formula is C27H27Cl2F2N3O2. The van der Waals surface area contributed by atoms with Crippen LogP contribution in [0.15, 0.2) is 54.6 Å². The zero-order valence-corrected chi connectivity index (χ0v) is 21.0. The highest BCUT2D eigenvalue weighted by Crippen LogP contribution is 2.39. The normalized spacial score (nSPS) is 16.6. The minimum Gasteiger partial charge on any atom is -0.508 e. The van der Waals surface area contributed by atoms with E-state index < -0.39 is 17.7 Å². The third-order valence-electron chi connectivity index (χ3n) is 6.37. The number of hydrogen-bond donors (Lipinski definition) is 3. The van der Waals surface area contributed by atoms with Crippen LogP contribution in [0.3, 0.4) is 0 Å². The van der Waals surface area contributed by atoms with Crippen LogP contribution in [-0.2, 0) is 17.6 Å². The fraction of sp³-hybridized carbons (Fsp3) is 0.296. The molecule has 0 radical (unpaired) electrons. The summed E-state index contributed by atoms with van der Waals surface area (Å²) in [5.41, 5.74) is 8.46. The standard InChI is InChI=1S/C27H27Cl2F2N3O2/c28-22-13-20(33-27(36)25(32)11-16-3-7-21(35)8-4-16)14-23(29)26(22)34-9-1-2-17(15-34)10-18-5-6-19(30)12-24(18)31/h3-8,12-14,17,25,35H,1-2,9-11,15,32H2,(H,33,36)/t17?,25-/m0/s1. The Bertz CT molecular complexity index is 1220. The number of carbonyl (C=O) groups excluding carboxylic acids is 1.